The Bertz CT molecular complexity index is 626. The van der Waals surface area contributed by atoms with Gasteiger partial charge in [0.05, 0.1) is 0 Å². The number of amidine groups is 1. The van der Waals surface area contributed by atoms with E-state index < -0.39 is 0 Å². The molecular formula is C15H15FN2OS. The molecule has 2 aromatic rings. The highest BCUT2D eigenvalue weighted by atomic mass is 32.2. The van der Waals surface area contributed by atoms with Crippen LogP contribution >= 0.6 is 11.8 Å². The molecule has 0 saturated heterocycles. The summed E-state index contributed by atoms with van der Waals surface area (Å²) < 4.78 is 12.8. The summed E-state index contributed by atoms with van der Waals surface area (Å²) in [5.41, 5.74) is 8.48. The molecule has 0 amide bonds. The van der Waals surface area contributed by atoms with Gasteiger partial charge in [0, 0.05) is 16.2 Å². The summed E-state index contributed by atoms with van der Waals surface area (Å²) in [5, 5.41) is 11.6. The summed E-state index contributed by atoms with van der Waals surface area (Å²) in [6, 6.07) is 12.1. The average molecular weight is 290 g/mol. The zero-order valence-electron chi connectivity index (χ0n) is 11.0. The molecule has 0 spiro atoms. The molecule has 3 nitrogen and oxygen atoms in total. The van der Waals surface area contributed by atoms with Crippen LogP contribution in [0, 0.1) is 12.7 Å². The van der Waals surface area contributed by atoms with Crippen LogP contribution in [0.3, 0.4) is 0 Å². The molecule has 104 valence electrons. The number of thioether (sulfide) groups is 1. The monoisotopic (exact) mass is 290 g/mol. The van der Waals surface area contributed by atoms with E-state index in [0.29, 0.717) is 5.56 Å². The number of hydrogen-bond donors (Lipinski definition) is 2. The second-order valence-corrected chi connectivity index (χ2v) is 5.42. The number of benzene rings is 2. The first kappa shape index (κ1) is 14.4. The van der Waals surface area contributed by atoms with Crippen molar-refractivity contribution in [3.8, 4) is 0 Å². The van der Waals surface area contributed by atoms with Gasteiger partial charge in [0.25, 0.3) is 0 Å². The van der Waals surface area contributed by atoms with E-state index in [0.717, 1.165) is 21.8 Å². The summed E-state index contributed by atoms with van der Waals surface area (Å²) in [6.07, 6.45) is 0. The molecule has 0 radical (unpaired) electrons. The van der Waals surface area contributed by atoms with Gasteiger partial charge in [-0.05, 0) is 48.4 Å². The Balaban J connectivity index is 2.08. The van der Waals surface area contributed by atoms with Crippen LogP contribution in [-0.2, 0) is 5.75 Å². The first-order valence-electron chi connectivity index (χ1n) is 6.06. The van der Waals surface area contributed by atoms with E-state index in [2.05, 4.69) is 5.16 Å². The van der Waals surface area contributed by atoms with Crippen LogP contribution in [0.5, 0.6) is 0 Å². The molecule has 0 aromatic heterocycles. The smallest absolute Gasteiger partial charge is 0.170 e. The van der Waals surface area contributed by atoms with Gasteiger partial charge in [-0.1, -0.05) is 17.3 Å². The van der Waals surface area contributed by atoms with Crippen molar-refractivity contribution in [2.45, 2.75) is 17.6 Å². The fourth-order valence-electron chi connectivity index (χ4n) is 1.77. The molecule has 0 bridgehead atoms. The van der Waals surface area contributed by atoms with Gasteiger partial charge in [-0.3, -0.25) is 0 Å². The third kappa shape index (κ3) is 3.51. The number of halogens is 1. The zero-order chi connectivity index (χ0) is 14.5. The van der Waals surface area contributed by atoms with Gasteiger partial charge in [-0.15, -0.1) is 11.8 Å². The van der Waals surface area contributed by atoms with Gasteiger partial charge >= 0.3 is 0 Å². The number of hydrogen-bond acceptors (Lipinski definition) is 3. The lowest BCUT2D eigenvalue weighted by Gasteiger charge is -2.08. The molecule has 0 unspecified atom stereocenters. The summed E-state index contributed by atoms with van der Waals surface area (Å²) in [7, 11) is 0. The van der Waals surface area contributed by atoms with E-state index >= 15 is 0 Å². The Labute approximate surface area is 121 Å². The third-order valence-electron chi connectivity index (χ3n) is 2.95. The molecule has 3 N–H and O–H groups in total. The molecule has 0 aliphatic heterocycles. The van der Waals surface area contributed by atoms with Crippen LogP contribution in [0.15, 0.2) is 52.5 Å². The van der Waals surface area contributed by atoms with Crippen molar-refractivity contribution in [3.63, 3.8) is 0 Å². The summed E-state index contributed by atoms with van der Waals surface area (Å²) >= 11 is 1.64. The molecule has 0 saturated carbocycles. The molecule has 0 aliphatic rings. The van der Waals surface area contributed by atoms with Crippen LogP contribution < -0.4 is 5.73 Å². The van der Waals surface area contributed by atoms with E-state index in [1.54, 1.807) is 23.9 Å². The second-order valence-electron chi connectivity index (χ2n) is 4.37. The third-order valence-corrected chi connectivity index (χ3v) is 4.01. The molecule has 20 heavy (non-hydrogen) atoms. The molecule has 5 heteroatoms. The number of oxime groups is 1. The highest BCUT2D eigenvalue weighted by Crippen LogP contribution is 2.25. The summed E-state index contributed by atoms with van der Waals surface area (Å²) in [5.74, 6) is 0.660. The number of nitrogens with zero attached hydrogens (tertiary/aromatic N) is 1. The standard InChI is InChI=1S/C15H15FN2OS/c1-10-8-11(15(17)18-19)2-3-12(10)9-20-14-6-4-13(16)5-7-14/h2-8,19H,9H2,1H3,(H2,17,18). The van der Waals surface area contributed by atoms with E-state index in [-0.39, 0.29) is 11.7 Å². The predicted molar refractivity (Wildman–Crippen MR) is 79.7 cm³/mol. The van der Waals surface area contributed by atoms with Crippen molar-refractivity contribution < 1.29 is 9.60 Å². The molecule has 2 aromatic carbocycles. The molecule has 0 heterocycles. The Morgan fingerprint density at radius 1 is 1.25 bits per heavy atom. The molecule has 2 rings (SSSR count). The summed E-state index contributed by atoms with van der Waals surface area (Å²) in [4.78, 5) is 1.02. The zero-order valence-corrected chi connectivity index (χ0v) is 11.8. The van der Waals surface area contributed by atoms with Crippen LogP contribution in [0.2, 0.25) is 0 Å². The Morgan fingerprint density at radius 2 is 1.95 bits per heavy atom. The molecular weight excluding hydrogens is 275 g/mol. The van der Waals surface area contributed by atoms with Crippen molar-refractivity contribution in [1.29, 1.82) is 0 Å². The van der Waals surface area contributed by atoms with Crippen molar-refractivity contribution in [2.75, 3.05) is 0 Å². The number of nitrogens with two attached hydrogens (primary N) is 1. The fourth-order valence-corrected chi connectivity index (χ4v) is 2.74. The SMILES string of the molecule is Cc1cc(/C(N)=N/O)ccc1CSc1ccc(F)cc1. The van der Waals surface area contributed by atoms with Gasteiger partial charge in [0.1, 0.15) is 5.82 Å². The first-order valence-corrected chi connectivity index (χ1v) is 7.04. The maximum atomic E-state index is 12.8. The van der Waals surface area contributed by atoms with Gasteiger partial charge in [0.2, 0.25) is 0 Å². The summed E-state index contributed by atoms with van der Waals surface area (Å²) in [6.45, 7) is 1.98. The first-order chi connectivity index (χ1) is 9.60. The van der Waals surface area contributed by atoms with Crippen molar-refractivity contribution in [1.82, 2.24) is 0 Å². The largest absolute Gasteiger partial charge is 0.409 e. The minimum absolute atomic E-state index is 0.103. The topological polar surface area (TPSA) is 58.6 Å². The normalized spacial score (nSPS) is 11.6. The van der Waals surface area contributed by atoms with Crippen LogP contribution in [0.4, 0.5) is 4.39 Å². The lowest BCUT2D eigenvalue weighted by Crippen LogP contribution is -2.13. The van der Waals surface area contributed by atoms with Crippen molar-refractivity contribution in [3.05, 3.63) is 65.0 Å². The molecule has 0 atom stereocenters. The maximum absolute atomic E-state index is 12.8. The van der Waals surface area contributed by atoms with Crippen LogP contribution in [-0.4, -0.2) is 11.0 Å². The maximum Gasteiger partial charge on any atom is 0.170 e. The van der Waals surface area contributed by atoms with Gasteiger partial charge < -0.3 is 10.9 Å². The Kier molecular flexibility index (Phi) is 4.63. The second kappa shape index (κ2) is 6.43. The minimum Gasteiger partial charge on any atom is -0.409 e. The lowest BCUT2D eigenvalue weighted by atomic mass is 10.1. The quantitative estimate of drug-likeness (QED) is 0.298. The average Bonchev–Trinajstić information content (AvgIpc) is 2.46. The van der Waals surface area contributed by atoms with Gasteiger partial charge in [-0.2, -0.15) is 0 Å². The Hall–Kier alpha value is -2.01. The number of rotatable bonds is 4. The van der Waals surface area contributed by atoms with Gasteiger partial charge in [-0.25, -0.2) is 4.39 Å². The predicted octanol–water partition coefficient (Wildman–Crippen LogP) is 3.52. The minimum atomic E-state index is -0.228. The molecule has 0 fully saturated rings. The van der Waals surface area contributed by atoms with E-state index in [4.69, 9.17) is 10.9 Å². The highest BCUT2D eigenvalue weighted by molar-refractivity contribution is 7.98. The van der Waals surface area contributed by atoms with E-state index in [1.807, 2.05) is 25.1 Å². The van der Waals surface area contributed by atoms with Crippen LogP contribution in [0.25, 0.3) is 0 Å². The fraction of sp³-hybridized carbons (Fsp3) is 0.133. The lowest BCUT2D eigenvalue weighted by molar-refractivity contribution is 0.318. The number of aryl methyl sites for hydroxylation is 1. The highest BCUT2D eigenvalue weighted by Gasteiger charge is 2.04. The van der Waals surface area contributed by atoms with Gasteiger partial charge in [0.15, 0.2) is 5.84 Å². The van der Waals surface area contributed by atoms with Crippen molar-refractivity contribution >= 4 is 17.6 Å². The van der Waals surface area contributed by atoms with Crippen molar-refractivity contribution in [2.24, 2.45) is 10.9 Å². The van der Waals surface area contributed by atoms with Crippen LogP contribution in [0.1, 0.15) is 16.7 Å². The van der Waals surface area contributed by atoms with E-state index in [9.17, 15) is 4.39 Å². The Morgan fingerprint density at radius 3 is 2.55 bits per heavy atom. The molecule has 0 aliphatic carbocycles. The van der Waals surface area contributed by atoms with E-state index in [1.165, 1.54) is 12.1 Å².